The topological polar surface area (TPSA) is 61.5 Å². The van der Waals surface area contributed by atoms with Crippen LogP contribution in [-0.4, -0.2) is 25.4 Å². The molecule has 1 aromatic rings. The number of anilines is 1. The van der Waals surface area contributed by atoms with Gasteiger partial charge in [0.2, 0.25) is 0 Å². The Labute approximate surface area is 99.1 Å². The molecule has 0 saturated heterocycles. The highest BCUT2D eigenvalue weighted by atomic mass is 32.2. The van der Waals surface area contributed by atoms with Crippen molar-refractivity contribution in [3.63, 3.8) is 0 Å². The molecule has 0 fully saturated rings. The number of ether oxygens (including phenoxy) is 2. The summed E-state index contributed by atoms with van der Waals surface area (Å²) in [4.78, 5) is 11.8. The maximum Gasteiger partial charge on any atom is 0.315 e. The number of nitrogen functional groups attached to an aromatic ring is 1. The molecule has 1 rings (SSSR count). The van der Waals surface area contributed by atoms with Gasteiger partial charge >= 0.3 is 5.97 Å². The molecule has 0 bridgehead atoms. The number of esters is 1. The summed E-state index contributed by atoms with van der Waals surface area (Å²) in [6, 6.07) is 5.51. The maximum atomic E-state index is 11.0. The lowest BCUT2D eigenvalue weighted by molar-refractivity contribution is -0.137. The number of hydrogen-bond donors (Lipinski definition) is 1. The van der Waals surface area contributed by atoms with E-state index < -0.39 is 0 Å². The second kappa shape index (κ2) is 6.27. The molecule has 0 spiro atoms. The Morgan fingerprint density at radius 2 is 2.25 bits per heavy atom. The van der Waals surface area contributed by atoms with Crippen molar-refractivity contribution in [1.82, 2.24) is 0 Å². The summed E-state index contributed by atoms with van der Waals surface area (Å²) in [5.74, 6) is 0.625. The van der Waals surface area contributed by atoms with Gasteiger partial charge in [-0.2, -0.15) is 0 Å². The van der Waals surface area contributed by atoms with Crippen LogP contribution in [0.1, 0.15) is 6.92 Å². The summed E-state index contributed by atoms with van der Waals surface area (Å²) in [5.41, 5.74) is 6.47. The Morgan fingerprint density at radius 1 is 1.50 bits per heavy atom. The number of para-hydroxylation sites is 1. The van der Waals surface area contributed by atoms with E-state index in [-0.39, 0.29) is 11.7 Å². The van der Waals surface area contributed by atoms with Crippen molar-refractivity contribution in [3.8, 4) is 5.75 Å². The number of carbonyl (C=O) groups is 1. The quantitative estimate of drug-likeness (QED) is 0.485. The number of carbonyl (C=O) groups excluding carboxylic acids is 1. The van der Waals surface area contributed by atoms with Gasteiger partial charge in [-0.05, 0) is 19.1 Å². The van der Waals surface area contributed by atoms with E-state index in [1.807, 2.05) is 19.1 Å². The predicted molar refractivity (Wildman–Crippen MR) is 64.8 cm³/mol. The molecule has 0 radical (unpaired) electrons. The van der Waals surface area contributed by atoms with Crippen molar-refractivity contribution in [2.45, 2.75) is 11.8 Å². The molecule has 0 aliphatic heterocycles. The number of rotatable bonds is 5. The third kappa shape index (κ3) is 3.34. The van der Waals surface area contributed by atoms with E-state index in [1.165, 1.54) is 18.9 Å². The first-order valence-corrected chi connectivity index (χ1v) is 5.88. The van der Waals surface area contributed by atoms with Gasteiger partial charge in [-0.25, -0.2) is 0 Å². The van der Waals surface area contributed by atoms with E-state index >= 15 is 0 Å². The first-order chi connectivity index (χ1) is 7.69. The first-order valence-electron chi connectivity index (χ1n) is 4.90. The second-order valence-corrected chi connectivity index (χ2v) is 3.98. The molecule has 88 valence electrons. The minimum absolute atomic E-state index is 0.246. The lowest BCUT2D eigenvalue weighted by Gasteiger charge is -2.10. The zero-order chi connectivity index (χ0) is 12.0. The summed E-state index contributed by atoms with van der Waals surface area (Å²) >= 11 is 1.34. The summed E-state index contributed by atoms with van der Waals surface area (Å²) in [6.45, 7) is 2.46. The van der Waals surface area contributed by atoms with Gasteiger partial charge in [0.25, 0.3) is 0 Å². The zero-order valence-corrected chi connectivity index (χ0v) is 10.2. The van der Waals surface area contributed by atoms with Gasteiger partial charge in [-0.3, -0.25) is 4.79 Å². The minimum Gasteiger partial charge on any atom is -0.492 e. The van der Waals surface area contributed by atoms with E-state index in [9.17, 15) is 4.79 Å². The lowest BCUT2D eigenvalue weighted by atomic mass is 10.3. The van der Waals surface area contributed by atoms with E-state index in [1.54, 1.807) is 6.07 Å². The number of methoxy groups -OCH3 is 1. The predicted octanol–water partition coefficient (Wildman–Crippen LogP) is 1.93. The molecule has 2 N–H and O–H groups in total. The number of nitrogens with two attached hydrogens (primary N) is 1. The fourth-order valence-corrected chi connectivity index (χ4v) is 1.95. The molecule has 5 heteroatoms. The average molecular weight is 241 g/mol. The molecule has 0 atom stereocenters. The van der Waals surface area contributed by atoms with Crippen LogP contribution in [0.3, 0.4) is 0 Å². The Balaban J connectivity index is 2.72. The van der Waals surface area contributed by atoms with Crippen molar-refractivity contribution in [1.29, 1.82) is 0 Å². The third-order valence-electron chi connectivity index (χ3n) is 1.90. The van der Waals surface area contributed by atoms with Gasteiger partial charge in [0.15, 0.2) is 0 Å². The fraction of sp³-hybridized carbons (Fsp3) is 0.364. The van der Waals surface area contributed by atoms with E-state index in [2.05, 4.69) is 4.74 Å². The normalized spacial score (nSPS) is 9.88. The van der Waals surface area contributed by atoms with Crippen molar-refractivity contribution < 1.29 is 14.3 Å². The maximum absolute atomic E-state index is 11.0. The van der Waals surface area contributed by atoms with Crippen LogP contribution in [0, 0.1) is 0 Å². The molecule has 4 nitrogen and oxygen atoms in total. The van der Waals surface area contributed by atoms with Crippen LogP contribution >= 0.6 is 11.8 Å². The zero-order valence-electron chi connectivity index (χ0n) is 9.36. The highest BCUT2D eigenvalue weighted by Gasteiger charge is 2.08. The van der Waals surface area contributed by atoms with Crippen LogP contribution in [0.25, 0.3) is 0 Å². The molecule has 0 aliphatic carbocycles. The van der Waals surface area contributed by atoms with Gasteiger partial charge in [-0.1, -0.05) is 6.07 Å². The SMILES string of the molecule is CCOc1cccc(SCC(=O)OC)c1N. The molecule has 0 amide bonds. The van der Waals surface area contributed by atoms with Crippen LogP contribution in [0.4, 0.5) is 5.69 Å². The van der Waals surface area contributed by atoms with E-state index in [4.69, 9.17) is 10.5 Å². The van der Waals surface area contributed by atoms with Crippen molar-refractivity contribution in [2.75, 3.05) is 25.2 Å². The summed E-state index contributed by atoms with van der Waals surface area (Å²) < 4.78 is 9.91. The lowest BCUT2D eigenvalue weighted by Crippen LogP contribution is -2.04. The van der Waals surface area contributed by atoms with Crippen LogP contribution < -0.4 is 10.5 Å². The number of benzene rings is 1. The Hall–Kier alpha value is -1.36. The molecular formula is C11H15NO3S. The van der Waals surface area contributed by atoms with Crippen LogP contribution in [0.15, 0.2) is 23.1 Å². The first kappa shape index (κ1) is 12.7. The molecule has 0 aromatic heterocycles. The van der Waals surface area contributed by atoms with Crippen molar-refractivity contribution in [2.24, 2.45) is 0 Å². The van der Waals surface area contributed by atoms with Crippen molar-refractivity contribution >= 4 is 23.4 Å². The summed E-state index contributed by atoms with van der Waals surface area (Å²) in [7, 11) is 1.36. The smallest absolute Gasteiger partial charge is 0.315 e. The standard InChI is InChI=1S/C11H15NO3S/c1-3-15-8-5-4-6-9(11(8)12)16-7-10(13)14-2/h4-6H,3,7,12H2,1-2H3. The highest BCUT2D eigenvalue weighted by molar-refractivity contribution is 8.00. The van der Waals surface area contributed by atoms with E-state index in [0.717, 1.165) is 4.90 Å². The van der Waals surface area contributed by atoms with Gasteiger partial charge in [-0.15, -0.1) is 11.8 Å². The van der Waals surface area contributed by atoms with Crippen LogP contribution in [-0.2, 0) is 9.53 Å². The molecule has 1 aromatic carbocycles. The molecular weight excluding hydrogens is 226 g/mol. The molecule has 16 heavy (non-hydrogen) atoms. The van der Waals surface area contributed by atoms with Crippen LogP contribution in [0.5, 0.6) is 5.75 Å². The summed E-state index contributed by atoms with van der Waals surface area (Å²) in [5, 5.41) is 0. The molecule has 0 heterocycles. The van der Waals surface area contributed by atoms with Crippen LogP contribution in [0.2, 0.25) is 0 Å². The van der Waals surface area contributed by atoms with Gasteiger partial charge in [0.05, 0.1) is 25.2 Å². The Kier molecular flexibility index (Phi) is 4.98. The minimum atomic E-state index is -0.272. The molecule has 0 unspecified atom stereocenters. The average Bonchev–Trinajstić information content (AvgIpc) is 2.30. The van der Waals surface area contributed by atoms with Gasteiger partial charge < -0.3 is 15.2 Å². The highest BCUT2D eigenvalue weighted by Crippen LogP contribution is 2.32. The largest absolute Gasteiger partial charge is 0.492 e. The third-order valence-corrected chi connectivity index (χ3v) is 2.95. The Bertz CT molecular complexity index is 368. The van der Waals surface area contributed by atoms with Crippen molar-refractivity contribution in [3.05, 3.63) is 18.2 Å². The monoisotopic (exact) mass is 241 g/mol. The molecule has 0 saturated carbocycles. The number of hydrogen-bond acceptors (Lipinski definition) is 5. The number of thioether (sulfide) groups is 1. The van der Waals surface area contributed by atoms with Gasteiger partial charge in [0.1, 0.15) is 5.75 Å². The Morgan fingerprint density at radius 3 is 2.88 bits per heavy atom. The molecule has 0 aliphatic rings. The van der Waals surface area contributed by atoms with E-state index in [0.29, 0.717) is 18.0 Å². The second-order valence-electron chi connectivity index (χ2n) is 2.97. The summed E-state index contributed by atoms with van der Waals surface area (Å²) in [6.07, 6.45) is 0. The fourth-order valence-electron chi connectivity index (χ4n) is 1.13. The van der Waals surface area contributed by atoms with Gasteiger partial charge in [0, 0.05) is 4.90 Å².